The van der Waals surface area contributed by atoms with E-state index in [2.05, 4.69) is 98.5 Å². The first-order chi connectivity index (χ1) is 13.7. The zero-order valence-electron chi connectivity index (χ0n) is 20.7. The van der Waals surface area contributed by atoms with Crippen molar-refractivity contribution in [2.75, 3.05) is 0 Å². The summed E-state index contributed by atoms with van der Waals surface area (Å²) in [5.74, 6) is 0.210. The molecule has 0 aliphatic carbocycles. The van der Waals surface area contributed by atoms with E-state index in [0.717, 1.165) is 19.3 Å². The van der Waals surface area contributed by atoms with Gasteiger partial charge in [-0.1, -0.05) is 57.2 Å². The maximum atomic E-state index is 6.94. The molecule has 0 radical (unpaired) electrons. The Morgan fingerprint density at radius 1 is 1.07 bits per heavy atom. The molecule has 1 heterocycles. The van der Waals surface area contributed by atoms with Crippen molar-refractivity contribution in [2.24, 2.45) is 0 Å². The molecule has 168 valence electrons. The van der Waals surface area contributed by atoms with Crippen molar-refractivity contribution in [3.8, 4) is 0 Å². The van der Waals surface area contributed by atoms with Gasteiger partial charge in [-0.3, -0.25) is 0 Å². The van der Waals surface area contributed by atoms with Crippen LogP contribution in [0.4, 0.5) is 0 Å². The summed E-state index contributed by atoms with van der Waals surface area (Å²) in [6.07, 6.45) is 4.76. The summed E-state index contributed by atoms with van der Waals surface area (Å²) in [4.78, 5) is 0. The van der Waals surface area contributed by atoms with Gasteiger partial charge in [-0.2, -0.15) is 0 Å². The molecule has 1 fully saturated rings. The Morgan fingerprint density at radius 2 is 1.60 bits per heavy atom. The molecule has 1 saturated heterocycles. The minimum atomic E-state index is -1.92. The van der Waals surface area contributed by atoms with Crippen LogP contribution in [-0.2, 0) is 20.2 Å². The lowest BCUT2D eigenvalue weighted by molar-refractivity contribution is 0.00578. The number of benzene rings is 1. The molecular formula is C25H43BO3Si. The zero-order valence-corrected chi connectivity index (χ0v) is 21.7. The van der Waals surface area contributed by atoms with E-state index >= 15 is 0 Å². The Balaban J connectivity index is 2.26. The van der Waals surface area contributed by atoms with E-state index < -0.39 is 8.32 Å². The van der Waals surface area contributed by atoms with Gasteiger partial charge >= 0.3 is 7.12 Å². The van der Waals surface area contributed by atoms with Crippen LogP contribution in [0.2, 0.25) is 23.9 Å². The van der Waals surface area contributed by atoms with E-state index in [-0.39, 0.29) is 35.3 Å². The highest BCUT2D eigenvalue weighted by Crippen LogP contribution is 2.44. The van der Waals surface area contributed by atoms with Crippen molar-refractivity contribution in [3.63, 3.8) is 0 Å². The van der Waals surface area contributed by atoms with Gasteiger partial charge in [0.05, 0.1) is 11.2 Å². The van der Waals surface area contributed by atoms with E-state index in [0.29, 0.717) is 0 Å². The lowest BCUT2D eigenvalue weighted by Gasteiger charge is -2.40. The fourth-order valence-corrected chi connectivity index (χ4v) is 4.96. The van der Waals surface area contributed by atoms with Crippen molar-refractivity contribution in [1.82, 2.24) is 0 Å². The predicted molar refractivity (Wildman–Crippen MR) is 131 cm³/mol. The lowest BCUT2D eigenvalue weighted by Crippen LogP contribution is -2.45. The van der Waals surface area contributed by atoms with Crippen molar-refractivity contribution < 1.29 is 13.7 Å². The average Bonchev–Trinajstić information content (AvgIpc) is 2.81. The fraction of sp³-hybridized carbons (Fsp3) is 0.680. The number of allylic oxidation sites excluding steroid dienone is 1. The Kier molecular flexibility index (Phi) is 7.88. The summed E-state index contributed by atoms with van der Waals surface area (Å²) in [7, 11) is -2.16. The molecular weight excluding hydrogens is 387 g/mol. The van der Waals surface area contributed by atoms with Gasteiger partial charge in [0.15, 0.2) is 8.32 Å². The van der Waals surface area contributed by atoms with Crippen LogP contribution in [0.3, 0.4) is 0 Å². The molecule has 1 aromatic rings. The molecule has 1 aromatic carbocycles. The number of hydrogen-bond acceptors (Lipinski definition) is 3. The van der Waals surface area contributed by atoms with Crippen LogP contribution >= 0.6 is 0 Å². The molecule has 2 rings (SSSR count). The number of rotatable bonds is 9. The van der Waals surface area contributed by atoms with Crippen LogP contribution in [0.5, 0.6) is 0 Å². The van der Waals surface area contributed by atoms with Crippen molar-refractivity contribution in [2.45, 2.75) is 109 Å². The summed E-state index contributed by atoms with van der Waals surface area (Å²) in [6.45, 7) is 24.0. The first kappa shape index (κ1) is 25.4. The third-order valence-corrected chi connectivity index (χ3v) is 11.8. The van der Waals surface area contributed by atoms with Crippen LogP contribution in [0.25, 0.3) is 0 Å². The summed E-state index contributed by atoms with van der Waals surface area (Å²) < 4.78 is 19.8. The maximum absolute atomic E-state index is 6.94. The van der Waals surface area contributed by atoms with Gasteiger partial charge in [-0.25, -0.2) is 0 Å². The second-order valence-corrected chi connectivity index (χ2v) is 16.1. The maximum Gasteiger partial charge on any atom is 0.461 e. The monoisotopic (exact) mass is 430 g/mol. The molecule has 0 aromatic heterocycles. The molecule has 0 unspecified atom stereocenters. The summed E-state index contributed by atoms with van der Waals surface area (Å²) >= 11 is 0. The molecule has 2 atom stereocenters. The minimum Gasteiger partial charge on any atom is -0.414 e. The normalized spacial score (nSPS) is 20.8. The lowest BCUT2D eigenvalue weighted by atomic mass is 9.67. The van der Waals surface area contributed by atoms with E-state index in [1.807, 2.05) is 6.08 Å². The largest absolute Gasteiger partial charge is 0.461 e. The fourth-order valence-electron chi connectivity index (χ4n) is 3.59. The first-order valence-corrected chi connectivity index (χ1v) is 14.3. The molecule has 1 aliphatic rings. The summed E-state index contributed by atoms with van der Waals surface area (Å²) in [5.41, 5.74) is 0.658. The molecule has 3 nitrogen and oxygen atoms in total. The van der Waals surface area contributed by atoms with Gasteiger partial charge in [0.2, 0.25) is 0 Å². The highest BCUT2D eigenvalue weighted by atomic mass is 28.4. The highest BCUT2D eigenvalue weighted by Gasteiger charge is 2.53. The third kappa shape index (κ3) is 6.09. The van der Waals surface area contributed by atoms with Gasteiger partial charge in [0.25, 0.3) is 0 Å². The van der Waals surface area contributed by atoms with Gasteiger partial charge in [0, 0.05) is 6.10 Å². The van der Waals surface area contributed by atoms with E-state index in [4.69, 9.17) is 13.7 Å². The van der Waals surface area contributed by atoms with Gasteiger partial charge < -0.3 is 13.7 Å². The van der Waals surface area contributed by atoms with Crippen LogP contribution in [0.1, 0.15) is 66.9 Å². The summed E-state index contributed by atoms with van der Waals surface area (Å²) in [6, 6.07) is 10.7. The highest BCUT2D eigenvalue weighted by molar-refractivity contribution is 6.74. The summed E-state index contributed by atoms with van der Waals surface area (Å²) in [5, 5.41) is 0.167. The van der Waals surface area contributed by atoms with Gasteiger partial charge in [0.1, 0.15) is 0 Å². The van der Waals surface area contributed by atoms with Crippen LogP contribution in [0.15, 0.2) is 43.0 Å². The standard InChI is InChI=1S/C25H43BO3Si/c1-11-15-21(26-28-24(5,6)25(7,8)29-26)19-22(18-20-16-13-12-14-17-20)27-30(9,10)23(2,3)4/h11-14,16-17,21-22H,1,15,18-19H2,2-10H3/t21-,22-/m1/s1. The minimum absolute atomic E-state index is 0.122. The second-order valence-electron chi connectivity index (χ2n) is 11.3. The zero-order chi connectivity index (χ0) is 22.8. The van der Waals surface area contributed by atoms with E-state index in [1.165, 1.54) is 5.56 Å². The topological polar surface area (TPSA) is 27.7 Å². The van der Waals surface area contributed by atoms with Crippen LogP contribution in [0, 0.1) is 0 Å². The molecule has 0 saturated carbocycles. The molecule has 1 aliphatic heterocycles. The smallest absolute Gasteiger partial charge is 0.414 e. The van der Waals surface area contributed by atoms with Crippen LogP contribution < -0.4 is 0 Å². The SMILES string of the molecule is C=CC[C@H](C[C@@H](Cc1ccccc1)O[Si](C)(C)C(C)(C)C)B1OC(C)(C)C(C)(C)O1. The van der Waals surface area contributed by atoms with Gasteiger partial charge in [-0.05, 0) is 76.5 Å². The Hall–Kier alpha value is -0.878. The molecule has 30 heavy (non-hydrogen) atoms. The average molecular weight is 431 g/mol. The van der Waals surface area contributed by atoms with E-state index in [1.54, 1.807) is 0 Å². The van der Waals surface area contributed by atoms with Crippen LogP contribution in [-0.4, -0.2) is 32.7 Å². The van der Waals surface area contributed by atoms with Gasteiger partial charge in [-0.15, -0.1) is 6.58 Å². The van der Waals surface area contributed by atoms with Crippen molar-refractivity contribution in [1.29, 1.82) is 0 Å². The third-order valence-electron chi connectivity index (χ3n) is 7.27. The Labute approximate surface area is 186 Å². The number of hydrogen-bond donors (Lipinski definition) is 0. The first-order valence-electron chi connectivity index (χ1n) is 11.4. The molecule has 0 N–H and O–H groups in total. The molecule has 0 spiro atoms. The van der Waals surface area contributed by atoms with Crippen molar-refractivity contribution in [3.05, 3.63) is 48.6 Å². The quantitative estimate of drug-likeness (QED) is 0.310. The van der Waals surface area contributed by atoms with E-state index in [9.17, 15) is 0 Å². The Morgan fingerprint density at radius 3 is 2.07 bits per heavy atom. The predicted octanol–water partition coefficient (Wildman–Crippen LogP) is 7.05. The molecule has 5 heteroatoms. The Bertz CT molecular complexity index is 678. The molecule has 0 bridgehead atoms. The second kappa shape index (κ2) is 9.32. The molecule has 0 amide bonds. The van der Waals surface area contributed by atoms with Crippen molar-refractivity contribution >= 4 is 15.4 Å².